The Kier molecular flexibility index (Phi) is 6.98. The number of carboxylic acids is 1. The number of nitrogens with one attached hydrogen (secondary N) is 1. The highest BCUT2D eigenvalue weighted by Gasteiger charge is 2.15. The minimum atomic E-state index is -0.867. The Morgan fingerprint density at radius 1 is 0.958 bits per heavy atom. The monoisotopic (exact) mass is 327 g/mol. The van der Waals surface area contributed by atoms with Crippen molar-refractivity contribution < 1.29 is 19.4 Å². The van der Waals surface area contributed by atoms with Gasteiger partial charge in [0.1, 0.15) is 12.7 Å². The van der Waals surface area contributed by atoms with Crippen LogP contribution in [-0.4, -0.2) is 30.1 Å². The Morgan fingerprint density at radius 2 is 1.50 bits per heavy atom. The molecule has 0 bridgehead atoms. The molecule has 5 nitrogen and oxygen atoms in total. The second-order valence-corrected chi connectivity index (χ2v) is 5.36. The van der Waals surface area contributed by atoms with Gasteiger partial charge >= 0.3 is 5.97 Å². The predicted octanol–water partition coefficient (Wildman–Crippen LogP) is 2.77. The van der Waals surface area contributed by atoms with Gasteiger partial charge in [-0.05, 0) is 17.5 Å². The third-order valence-corrected chi connectivity index (χ3v) is 3.48. The predicted molar refractivity (Wildman–Crippen MR) is 90.6 cm³/mol. The summed E-state index contributed by atoms with van der Waals surface area (Å²) in [6.45, 7) is 0.247. The van der Waals surface area contributed by atoms with Crippen molar-refractivity contribution in [3.05, 3.63) is 71.8 Å². The molecule has 0 radical (unpaired) electrons. The number of carboxylic acid groups (broad SMARTS) is 1. The van der Waals surface area contributed by atoms with Crippen molar-refractivity contribution in [2.75, 3.05) is 13.2 Å². The zero-order valence-corrected chi connectivity index (χ0v) is 13.4. The van der Waals surface area contributed by atoms with Crippen LogP contribution in [0.15, 0.2) is 60.7 Å². The molecule has 0 aliphatic carbocycles. The van der Waals surface area contributed by atoms with Crippen molar-refractivity contribution in [1.82, 2.24) is 5.32 Å². The lowest BCUT2D eigenvalue weighted by molar-refractivity contribution is -0.137. The molecule has 0 atom stereocenters. The SMILES string of the molecule is O=C(O)CCCNC(=O)COC(c1ccccc1)c1ccccc1. The van der Waals surface area contributed by atoms with E-state index in [1.54, 1.807) is 0 Å². The van der Waals surface area contributed by atoms with E-state index in [1.807, 2.05) is 60.7 Å². The van der Waals surface area contributed by atoms with E-state index in [0.29, 0.717) is 13.0 Å². The summed E-state index contributed by atoms with van der Waals surface area (Å²) in [5.74, 6) is -1.12. The van der Waals surface area contributed by atoms with E-state index in [1.165, 1.54) is 0 Å². The van der Waals surface area contributed by atoms with Gasteiger partial charge in [0, 0.05) is 13.0 Å². The van der Waals surface area contributed by atoms with Crippen LogP contribution in [0.5, 0.6) is 0 Å². The van der Waals surface area contributed by atoms with E-state index in [9.17, 15) is 9.59 Å². The van der Waals surface area contributed by atoms with E-state index in [0.717, 1.165) is 11.1 Å². The van der Waals surface area contributed by atoms with Crippen LogP contribution in [0.2, 0.25) is 0 Å². The number of aliphatic carboxylic acids is 1. The van der Waals surface area contributed by atoms with Crippen molar-refractivity contribution in [2.45, 2.75) is 18.9 Å². The largest absolute Gasteiger partial charge is 0.481 e. The van der Waals surface area contributed by atoms with Crippen LogP contribution in [0.4, 0.5) is 0 Å². The molecule has 5 heteroatoms. The highest BCUT2D eigenvalue weighted by molar-refractivity contribution is 5.77. The molecule has 0 aromatic heterocycles. The third-order valence-electron chi connectivity index (χ3n) is 3.48. The molecule has 0 saturated heterocycles. The average molecular weight is 327 g/mol. The molecule has 0 unspecified atom stereocenters. The first-order valence-electron chi connectivity index (χ1n) is 7.87. The summed E-state index contributed by atoms with van der Waals surface area (Å²) in [5, 5.41) is 11.2. The van der Waals surface area contributed by atoms with Gasteiger partial charge in [0.2, 0.25) is 5.91 Å². The zero-order valence-electron chi connectivity index (χ0n) is 13.4. The molecule has 24 heavy (non-hydrogen) atoms. The number of ether oxygens (including phenoxy) is 1. The van der Waals surface area contributed by atoms with E-state index >= 15 is 0 Å². The Bertz CT molecular complexity index is 603. The number of hydrogen-bond acceptors (Lipinski definition) is 3. The maximum absolute atomic E-state index is 11.9. The summed E-state index contributed by atoms with van der Waals surface area (Å²) < 4.78 is 5.83. The standard InChI is InChI=1S/C19H21NO4/c21-17(20-13-7-12-18(22)23)14-24-19(15-8-3-1-4-9-15)16-10-5-2-6-11-16/h1-6,8-11,19H,7,12-14H2,(H,20,21)(H,22,23). The van der Waals surface area contributed by atoms with Gasteiger partial charge in [-0.3, -0.25) is 9.59 Å². The van der Waals surface area contributed by atoms with Crippen LogP contribution in [0.3, 0.4) is 0 Å². The zero-order chi connectivity index (χ0) is 17.2. The van der Waals surface area contributed by atoms with Crippen LogP contribution in [0.1, 0.15) is 30.1 Å². The molecule has 2 aromatic carbocycles. The highest BCUT2D eigenvalue weighted by atomic mass is 16.5. The van der Waals surface area contributed by atoms with Crippen molar-refractivity contribution in [2.24, 2.45) is 0 Å². The quantitative estimate of drug-likeness (QED) is 0.695. The van der Waals surface area contributed by atoms with Gasteiger partial charge in [0.05, 0.1) is 0 Å². The summed E-state index contributed by atoms with van der Waals surface area (Å²) in [7, 11) is 0. The number of amides is 1. The Balaban J connectivity index is 1.92. The lowest BCUT2D eigenvalue weighted by Gasteiger charge is -2.18. The smallest absolute Gasteiger partial charge is 0.303 e. The van der Waals surface area contributed by atoms with Crippen molar-refractivity contribution >= 4 is 11.9 Å². The van der Waals surface area contributed by atoms with Crippen molar-refractivity contribution in [1.29, 1.82) is 0 Å². The molecule has 0 aliphatic heterocycles. The van der Waals surface area contributed by atoms with Gasteiger partial charge in [-0.2, -0.15) is 0 Å². The number of carbonyl (C=O) groups excluding carboxylic acids is 1. The van der Waals surface area contributed by atoms with Crippen LogP contribution >= 0.6 is 0 Å². The van der Waals surface area contributed by atoms with Crippen LogP contribution in [0.25, 0.3) is 0 Å². The first kappa shape index (κ1) is 17.7. The van der Waals surface area contributed by atoms with E-state index < -0.39 is 5.97 Å². The average Bonchev–Trinajstić information content (AvgIpc) is 2.61. The summed E-state index contributed by atoms with van der Waals surface area (Å²) >= 11 is 0. The molecule has 126 valence electrons. The van der Waals surface area contributed by atoms with Gasteiger partial charge in [0.25, 0.3) is 0 Å². The molecular weight excluding hydrogens is 306 g/mol. The topological polar surface area (TPSA) is 75.6 Å². The highest BCUT2D eigenvalue weighted by Crippen LogP contribution is 2.25. The normalized spacial score (nSPS) is 10.5. The summed E-state index contributed by atoms with van der Waals surface area (Å²) in [6.07, 6.45) is 0.122. The summed E-state index contributed by atoms with van der Waals surface area (Å²) in [6, 6.07) is 19.4. The molecular formula is C19H21NO4. The van der Waals surface area contributed by atoms with Crippen LogP contribution in [-0.2, 0) is 14.3 Å². The molecule has 2 N–H and O–H groups in total. The van der Waals surface area contributed by atoms with Crippen LogP contribution < -0.4 is 5.32 Å². The van der Waals surface area contributed by atoms with Gasteiger partial charge < -0.3 is 15.2 Å². The van der Waals surface area contributed by atoms with Crippen LogP contribution in [0, 0.1) is 0 Å². The minimum absolute atomic E-state index is 0.0395. The fourth-order valence-electron chi connectivity index (χ4n) is 2.32. The molecule has 2 aromatic rings. The molecule has 2 rings (SSSR count). The lowest BCUT2D eigenvalue weighted by Crippen LogP contribution is -2.29. The number of hydrogen-bond donors (Lipinski definition) is 2. The fourth-order valence-corrected chi connectivity index (χ4v) is 2.32. The van der Waals surface area contributed by atoms with Gasteiger partial charge in [-0.15, -0.1) is 0 Å². The van der Waals surface area contributed by atoms with Gasteiger partial charge in [-0.1, -0.05) is 60.7 Å². The van der Waals surface area contributed by atoms with Crippen molar-refractivity contribution in [3.63, 3.8) is 0 Å². The fraction of sp³-hybridized carbons (Fsp3) is 0.263. The first-order valence-corrected chi connectivity index (χ1v) is 7.87. The van der Waals surface area contributed by atoms with E-state index in [-0.39, 0.29) is 25.0 Å². The molecule has 0 heterocycles. The van der Waals surface area contributed by atoms with E-state index in [4.69, 9.17) is 9.84 Å². The summed E-state index contributed by atoms with van der Waals surface area (Å²) in [4.78, 5) is 22.3. The summed E-state index contributed by atoms with van der Waals surface area (Å²) in [5.41, 5.74) is 1.95. The maximum Gasteiger partial charge on any atom is 0.303 e. The molecule has 0 fully saturated rings. The number of benzene rings is 2. The Morgan fingerprint density at radius 3 is 2.00 bits per heavy atom. The van der Waals surface area contributed by atoms with Gasteiger partial charge in [-0.25, -0.2) is 0 Å². The molecule has 1 amide bonds. The lowest BCUT2D eigenvalue weighted by atomic mass is 10.0. The van der Waals surface area contributed by atoms with Gasteiger partial charge in [0.15, 0.2) is 0 Å². The molecule has 0 saturated carbocycles. The Labute approximate surface area is 141 Å². The maximum atomic E-state index is 11.9. The minimum Gasteiger partial charge on any atom is -0.481 e. The Hall–Kier alpha value is -2.66. The molecule has 0 spiro atoms. The molecule has 0 aliphatic rings. The second-order valence-electron chi connectivity index (χ2n) is 5.36. The number of carbonyl (C=O) groups is 2. The first-order chi connectivity index (χ1) is 11.7. The van der Waals surface area contributed by atoms with Crippen molar-refractivity contribution in [3.8, 4) is 0 Å². The van der Waals surface area contributed by atoms with E-state index in [2.05, 4.69) is 5.32 Å². The number of rotatable bonds is 9. The third kappa shape index (κ3) is 5.85. The second kappa shape index (κ2) is 9.47.